The molecule has 0 aliphatic heterocycles. The van der Waals surface area contributed by atoms with E-state index in [-0.39, 0.29) is 5.82 Å². The van der Waals surface area contributed by atoms with E-state index in [1.807, 2.05) is 47.0 Å². The molecule has 2 aromatic heterocycles. The summed E-state index contributed by atoms with van der Waals surface area (Å²) in [6.45, 7) is 0.517. The number of rotatable bonds is 5. The van der Waals surface area contributed by atoms with E-state index in [2.05, 4.69) is 33.6 Å². The van der Waals surface area contributed by atoms with Gasteiger partial charge in [0.25, 0.3) is 0 Å². The molecule has 5 rings (SSSR count). The fraction of sp³-hybridized carbons (Fsp3) is 0.0400. The largest absolute Gasteiger partial charge is 0.365 e. The predicted molar refractivity (Wildman–Crippen MR) is 123 cm³/mol. The van der Waals surface area contributed by atoms with Crippen molar-refractivity contribution in [2.75, 3.05) is 5.32 Å². The Bertz CT molecular complexity index is 1350. The molecule has 31 heavy (non-hydrogen) atoms. The summed E-state index contributed by atoms with van der Waals surface area (Å²) in [5.41, 5.74) is 4.73. The van der Waals surface area contributed by atoms with E-state index in [1.54, 1.807) is 18.5 Å². The van der Waals surface area contributed by atoms with Crippen LogP contribution in [0.3, 0.4) is 0 Å². The molecule has 152 valence electrons. The highest BCUT2D eigenvalue weighted by Crippen LogP contribution is 2.35. The third-order valence-corrected chi connectivity index (χ3v) is 5.36. The van der Waals surface area contributed by atoms with Gasteiger partial charge in [-0.15, -0.1) is 0 Å². The number of benzene rings is 3. The van der Waals surface area contributed by atoms with Gasteiger partial charge in [0.15, 0.2) is 5.65 Å². The Morgan fingerprint density at radius 3 is 2.48 bits per heavy atom. The molecule has 1 N–H and O–H groups in total. The van der Waals surface area contributed by atoms with Crippen molar-refractivity contribution in [3.8, 4) is 16.8 Å². The van der Waals surface area contributed by atoms with Gasteiger partial charge < -0.3 is 9.88 Å². The van der Waals surface area contributed by atoms with Gasteiger partial charge in [0.1, 0.15) is 18.0 Å². The van der Waals surface area contributed by atoms with E-state index in [9.17, 15) is 4.39 Å². The second-order valence-corrected chi connectivity index (χ2v) is 7.60. The van der Waals surface area contributed by atoms with Crippen LogP contribution in [0.5, 0.6) is 0 Å². The first kappa shape index (κ1) is 19.3. The Morgan fingerprint density at radius 1 is 0.903 bits per heavy atom. The topological polar surface area (TPSA) is 42.7 Å². The van der Waals surface area contributed by atoms with Gasteiger partial charge in [-0.2, -0.15) is 0 Å². The molecule has 2 heterocycles. The van der Waals surface area contributed by atoms with Crippen molar-refractivity contribution >= 4 is 28.5 Å². The van der Waals surface area contributed by atoms with Crippen LogP contribution in [0.4, 0.5) is 10.2 Å². The van der Waals surface area contributed by atoms with Crippen LogP contribution in [0, 0.1) is 5.82 Å². The fourth-order valence-corrected chi connectivity index (χ4v) is 3.83. The van der Waals surface area contributed by atoms with Gasteiger partial charge >= 0.3 is 0 Å². The van der Waals surface area contributed by atoms with Crippen molar-refractivity contribution in [1.82, 2.24) is 14.5 Å². The smallest absolute Gasteiger partial charge is 0.150 e. The van der Waals surface area contributed by atoms with Crippen LogP contribution in [0.25, 0.3) is 27.8 Å². The van der Waals surface area contributed by atoms with E-state index in [1.165, 1.54) is 12.1 Å². The monoisotopic (exact) mass is 428 g/mol. The lowest BCUT2D eigenvalue weighted by atomic mass is 10.1. The minimum Gasteiger partial charge on any atom is -0.365 e. The zero-order valence-electron chi connectivity index (χ0n) is 16.5. The van der Waals surface area contributed by atoms with Crippen molar-refractivity contribution in [2.24, 2.45) is 0 Å². The molecule has 0 radical (unpaired) electrons. The molecule has 3 aromatic carbocycles. The van der Waals surface area contributed by atoms with Gasteiger partial charge in [0.2, 0.25) is 0 Å². The molecule has 0 fully saturated rings. The third kappa shape index (κ3) is 3.88. The number of anilines is 1. The van der Waals surface area contributed by atoms with Gasteiger partial charge in [0.05, 0.1) is 5.39 Å². The van der Waals surface area contributed by atoms with E-state index in [4.69, 9.17) is 11.6 Å². The first-order chi connectivity index (χ1) is 15.2. The van der Waals surface area contributed by atoms with Gasteiger partial charge in [-0.3, -0.25) is 0 Å². The van der Waals surface area contributed by atoms with Crippen molar-refractivity contribution in [3.05, 3.63) is 108 Å². The molecule has 5 aromatic rings. The van der Waals surface area contributed by atoms with Gasteiger partial charge in [-0.1, -0.05) is 60.1 Å². The summed E-state index contributed by atoms with van der Waals surface area (Å²) < 4.78 is 15.3. The molecule has 0 bridgehead atoms. The summed E-state index contributed by atoms with van der Waals surface area (Å²) in [6, 6.07) is 24.2. The highest BCUT2D eigenvalue weighted by Gasteiger charge is 2.17. The third-order valence-electron chi connectivity index (χ3n) is 5.13. The Morgan fingerprint density at radius 2 is 1.71 bits per heavy atom. The lowest BCUT2D eigenvalue weighted by molar-refractivity contribution is 0.627. The standard InChI is InChI=1S/C25H18ClFN4/c26-19-7-4-8-21(13-19)31-15-22(18-5-2-1-3-6-18)23-24(29-16-30-25(23)31)28-14-17-9-11-20(27)12-10-17/h1-13,15-16H,14H2,(H,28,29,30). The predicted octanol–water partition coefficient (Wildman–Crippen LogP) is 6.49. The Labute approximate surface area is 184 Å². The van der Waals surface area contributed by atoms with Gasteiger partial charge in [-0.25, -0.2) is 14.4 Å². The van der Waals surface area contributed by atoms with Crippen LogP contribution in [-0.4, -0.2) is 14.5 Å². The summed E-state index contributed by atoms with van der Waals surface area (Å²) in [6.07, 6.45) is 3.61. The minimum atomic E-state index is -0.252. The average Bonchev–Trinajstić information content (AvgIpc) is 3.20. The van der Waals surface area contributed by atoms with Crippen LogP contribution >= 0.6 is 11.6 Å². The van der Waals surface area contributed by atoms with Crippen LogP contribution < -0.4 is 5.32 Å². The highest BCUT2D eigenvalue weighted by molar-refractivity contribution is 6.30. The molecule has 4 nitrogen and oxygen atoms in total. The van der Waals surface area contributed by atoms with E-state index in [0.717, 1.165) is 33.4 Å². The van der Waals surface area contributed by atoms with E-state index >= 15 is 0 Å². The van der Waals surface area contributed by atoms with Crippen LogP contribution in [0.1, 0.15) is 5.56 Å². The van der Waals surface area contributed by atoms with Crippen LogP contribution in [0.15, 0.2) is 91.4 Å². The summed E-state index contributed by atoms with van der Waals surface area (Å²) in [7, 11) is 0. The number of halogens is 2. The maximum atomic E-state index is 13.2. The van der Waals surface area contributed by atoms with Gasteiger partial charge in [-0.05, 0) is 41.5 Å². The number of fused-ring (bicyclic) bond motifs is 1. The Kier molecular flexibility index (Phi) is 5.10. The fourth-order valence-electron chi connectivity index (χ4n) is 3.64. The van der Waals surface area contributed by atoms with E-state index < -0.39 is 0 Å². The van der Waals surface area contributed by atoms with Crippen LogP contribution in [-0.2, 0) is 6.54 Å². The minimum absolute atomic E-state index is 0.252. The first-order valence-corrected chi connectivity index (χ1v) is 10.2. The first-order valence-electron chi connectivity index (χ1n) is 9.85. The van der Waals surface area contributed by atoms with Crippen molar-refractivity contribution in [2.45, 2.75) is 6.54 Å². The summed E-state index contributed by atoms with van der Waals surface area (Å²) in [4.78, 5) is 9.09. The molecule has 0 saturated carbocycles. The second kappa shape index (κ2) is 8.20. The molecule has 0 spiro atoms. The summed E-state index contributed by atoms with van der Waals surface area (Å²) >= 11 is 6.24. The van der Waals surface area contributed by atoms with Crippen molar-refractivity contribution in [3.63, 3.8) is 0 Å². The number of nitrogens with zero attached hydrogens (tertiary/aromatic N) is 3. The van der Waals surface area contributed by atoms with Gasteiger partial charge in [0, 0.05) is 29.0 Å². The lowest BCUT2D eigenvalue weighted by Crippen LogP contribution is -2.03. The maximum absolute atomic E-state index is 13.2. The number of hydrogen-bond donors (Lipinski definition) is 1. The lowest BCUT2D eigenvalue weighted by Gasteiger charge is -2.09. The quantitative estimate of drug-likeness (QED) is 0.348. The number of hydrogen-bond acceptors (Lipinski definition) is 3. The van der Waals surface area contributed by atoms with E-state index in [0.29, 0.717) is 17.4 Å². The molecule has 6 heteroatoms. The molecular weight excluding hydrogens is 411 g/mol. The average molecular weight is 429 g/mol. The molecule has 0 saturated heterocycles. The normalized spacial score (nSPS) is 11.0. The Hall–Kier alpha value is -3.70. The number of nitrogens with one attached hydrogen (secondary N) is 1. The molecule has 0 unspecified atom stereocenters. The summed E-state index contributed by atoms with van der Waals surface area (Å²) in [5.74, 6) is 0.465. The molecular formula is C25H18ClFN4. The summed E-state index contributed by atoms with van der Waals surface area (Å²) in [5, 5.41) is 4.97. The van der Waals surface area contributed by atoms with Crippen LogP contribution in [0.2, 0.25) is 5.02 Å². The molecule has 0 amide bonds. The maximum Gasteiger partial charge on any atom is 0.150 e. The Balaban J connectivity index is 1.65. The zero-order valence-corrected chi connectivity index (χ0v) is 17.2. The zero-order chi connectivity index (χ0) is 21.2. The highest BCUT2D eigenvalue weighted by atomic mass is 35.5. The second-order valence-electron chi connectivity index (χ2n) is 7.16. The number of aromatic nitrogens is 3. The molecule has 0 aliphatic rings. The van der Waals surface area contributed by atoms with Crippen molar-refractivity contribution in [1.29, 1.82) is 0 Å². The van der Waals surface area contributed by atoms with Crippen molar-refractivity contribution < 1.29 is 4.39 Å². The SMILES string of the molecule is Fc1ccc(CNc2ncnc3c2c(-c2ccccc2)cn3-c2cccc(Cl)c2)cc1. The molecule has 0 aliphatic carbocycles. The molecule has 0 atom stereocenters.